The van der Waals surface area contributed by atoms with Crippen LogP contribution in [0.5, 0.6) is 0 Å². The van der Waals surface area contributed by atoms with E-state index in [1.807, 2.05) is 36.9 Å². The van der Waals surface area contributed by atoms with E-state index in [1.54, 1.807) is 0 Å². The lowest BCUT2D eigenvalue weighted by Crippen LogP contribution is -2.35. The van der Waals surface area contributed by atoms with Gasteiger partial charge in [-0.15, -0.1) is 0 Å². The molecule has 5 nitrogen and oxygen atoms in total. The monoisotopic (exact) mass is 387 g/mol. The lowest BCUT2D eigenvalue weighted by molar-refractivity contribution is -0.116. The first kappa shape index (κ1) is 22.3. The molecule has 1 N–H and O–H groups in total. The summed E-state index contributed by atoms with van der Waals surface area (Å²) in [5.41, 5.74) is 2.42. The Labute approximate surface area is 170 Å². The van der Waals surface area contributed by atoms with Gasteiger partial charge in [0, 0.05) is 44.0 Å². The van der Waals surface area contributed by atoms with E-state index in [0.29, 0.717) is 25.1 Å². The molecule has 1 aromatic rings. The zero-order valence-electron chi connectivity index (χ0n) is 17.9. The molecule has 5 heteroatoms. The Kier molecular flexibility index (Phi) is 9.32. The predicted octanol–water partition coefficient (Wildman–Crippen LogP) is 5.07. The SMILES string of the molecule is CCCCCCC(=O)Nc1ccc(N2CCCCC2)c(C(=O)N(CC)CC)c1. The van der Waals surface area contributed by atoms with Gasteiger partial charge < -0.3 is 15.1 Å². The highest BCUT2D eigenvalue weighted by atomic mass is 16.2. The molecule has 0 unspecified atom stereocenters. The molecule has 0 aromatic heterocycles. The number of hydrogen-bond acceptors (Lipinski definition) is 3. The molecule has 0 aliphatic carbocycles. The summed E-state index contributed by atoms with van der Waals surface area (Å²) in [6, 6.07) is 5.82. The third-order valence-corrected chi connectivity index (χ3v) is 5.52. The second-order valence-corrected chi connectivity index (χ2v) is 7.62. The molecule has 0 radical (unpaired) electrons. The van der Waals surface area contributed by atoms with Crippen molar-refractivity contribution in [3.63, 3.8) is 0 Å². The average Bonchev–Trinajstić information content (AvgIpc) is 2.72. The fraction of sp³-hybridized carbons (Fsp3) is 0.652. The number of nitrogens with one attached hydrogen (secondary N) is 1. The van der Waals surface area contributed by atoms with E-state index in [1.165, 1.54) is 12.8 Å². The van der Waals surface area contributed by atoms with Crippen LogP contribution in [-0.2, 0) is 4.79 Å². The quantitative estimate of drug-likeness (QED) is 0.570. The number of anilines is 2. The summed E-state index contributed by atoms with van der Waals surface area (Å²) >= 11 is 0. The summed E-state index contributed by atoms with van der Waals surface area (Å²) in [6.07, 6.45) is 8.44. The first-order valence-corrected chi connectivity index (χ1v) is 11.1. The second-order valence-electron chi connectivity index (χ2n) is 7.62. The summed E-state index contributed by atoms with van der Waals surface area (Å²) in [5, 5.41) is 2.99. The third-order valence-electron chi connectivity index (χ3n) is 5.52. The van der Waals surface area contributed by atoms with Gasteiger partial charge in [0.25, 0.3) is 5.91 Å². The Bertz CT molecular complexity index is 635. The lowest BCUT2D eigenvalue weighted by atomic mass is 10.0. The molecule has 1 heterocycles. The summed E-state index contributed by atoms with van der Waals surface area (Å²) in [7, 11) is 0. The largest absolute Gasteiger partial charge is 0.371 e. The van der Waals surface area contributed by atoms with E-state index in [-0.39, 0.29) is 11.8 Å². The molecule has 28 heavy (non-hydrogen) atoms. The second kappa shape index (κ2) is 11.7. The molecule has 0 bridgehead atoms. The van der Waals surface area contributed by atoms with Crippen LogP contribution in [0.4, 0.5) is 11.4 Å². The normalized spacial score (nSPS) is 14.0. The summed E-state index contributed by atoms with van der Waals surface area (Å²) in [5.74, 6) is 0.0766. The fourth-order valence-corrected chi connectivity index (χ4v) is 3.81. The van der Waals surface area contributed by atoms with E-state index >= 15 is 0 Å². The van der Waals surface area contributed by atoms with Crippen molar-refractivity contribution in [2.45, 2.75) is 72.1 Å². The minimum atomic E-state index is 0.0306. The topological polar surface area (TPSA) is 52.7 Å². The summed E-state index contributed by atoms with van der Waals surface area (Å²) in [6.45, 7) is 9.51. The van der Waals surface area contributed by atoms with Gasteiger partial charge in [-0.1, -0.05) is 26.2 Å². The Balaban J connectivity index is 2.18. The minimum absolute atomic E-state index is 0.0306. The molecule has 156 valence electrons. The highest BCUT2D eigenvalue weighted by Gasteiger charge is 2.22. The van der Waals surface area contributed by atoms with Gasteiger partial charge >= 0.3 is 0 Å². The van der Waals surface area contributed by atoms with Gasteiger partial charge in [0.1, 0.15) is 0 Å². The Morgan fingerprint density at radius 1 is 1.00 bits per heavy atom. The summed E-state index contributed by atoms with van der Waals surface area (Å²) < 4.78 is 0. The van der Waals surface area contributed by atoms with Crippen LogP contribution in [0.15, 0.2) is 18.2 Å². The van der Waals surface area contributed by atoms with Gasteiger partial charge in [0.05, 0.1) is 5.56 Å². The fourth-order valence-electron chi connectivity index (χ4n) is 3.81. The zero-order chi connectivity index (χ0) is 20.4. The van der Waals surface area contributed by atoms with E-state index in [9.17, 15) is 9.59 Å². The lowest BCUT2D eigenvalue weighted by Gasteiger charge is -2.31. The van der Waals surface area contributed by atoms with Crippen molar-refractivity contribution < 1.29 is 9.59 Å². The molecule has 1 aromatic carbocycles. The molecule has 2 amide bonds. The van der Waals surface area contributed by atoms with Crippen LogP contribution < -0.4 is 10.2 Å². The maximum Gasteiger partial charge on any atom is 0.256 e. The number of unbranched alkanes of at least 4 members (excludes halogenated alkanes) is 3. The maximum atomic E-state index is 13.1. The summed E-state index contributed by atoms with van der Waals surface area (Å²) in [4.78, 5) is 29.6. The third kappa shape index (κ3) is 6.25. The van der Waals surface area contributed by atoms with Crippen molar-refractivity contribution in [3.8, 4) is 0 Å². The van der Waals surface area contributed by atoms with Gasteiger partial charge in [-0.05, 0) is 57.7 Å². The molecule has 1 aliphatic heterocycles. The minimum Gasteiger partial charge on any atom is -0.371 e. The number of carbonyl (C=O) groups excluding carboxylic acids is 2. The van der Waals surface area contributed by atoms with Crippen LogP contribution in [0.1, 0.15) is 82.5 Å². The molecule has 2 rings (SSSR count). The zero-order valence-corrected chi connectivity index (χ0v) is 17.9. The van der Waals surface area contributed by atoms with E-state index in [0.717, 1.165) is 56.6 Å². The van der Waals surface area contributed by atoms with Crippen LogP contribution in [0.3, 0.4) is 0 Å². The van der Waals surface area contributed by atoms with E-state index in [2.05, 4.69) is 17.1 Å². The molecule has 1 fully saturated rings. The number of hydrogen-bond donors (Lipinski definition) is 1. The van der Waals surface area contributed by atoms with Crippen molar-refractivity contribution in [2.24, 2.45) is 0 Å². The van der Waals surface area contributed by atoms with Gasteiger partial charge in [0.15, 0.2) is 0 Å². The van der Waals surface area contributed by atoms with Crippen molar-refractivity contribution in [3.05, 3.63) is 23.8 Å². The molecular formula is C23H37N3O2. The Morgan fingerprint density at radius 2 is 1.71 bits per heavy atom. The number of rotatable bonds is 10. The number of piperidine rings is 1. The van der Waals surface area contributed by atoms with Crippen LogP contribution in [0.2, 0.25) is 0 Å². The molecule has 1 aliphatic rings. The van der Waals surface area contributed by atoms with Crippen LogP contribution >= 0.6 is 0 Å². The number of benzene rings is 1. The highest BCUT2D eigenvalue weighted by Crippen LogP contribution is 2.28. The molecule has 0 spiro atoms. The average molecular weight is 388 g/mol. The van der Waals surface area contributed by atoms with Crippen molar-refractivity contribution in [2.75, 3.05) is 36.4 Å². The number of nitrogens with zero attached hydrogens (tertiary/aromatic N) is 2. The molecule has 0 saturated carbocycles. The molecular weight excluding hydrogens is 350 g/mol. The van der Waals surface area contributed by atoms with E-state index in [4.69, 9.17) is 0 Å². The van der Waals surface area contributed by atoms with E-state index < -0.39 is 0 Å². The van der Waals surface area contributed by atoms with Crippen LogP contribution in [0.25, 0.3) is 0 Å². The van der Waals surface area contributed by atoms with Crippen LogP contribution in [0, 0.1) is 0 Å². The van der Waals surface area contributed by atoms with Crippen molar-refractivity contribution >= 4 is 23.2 Å². The number of carbonyl (C=O) groups is 2. The van der Waals surface area contributed by atoms with Crippen molar-refractivity contribution in [1.82, 2.24) is 4.90 Å². The van der Waals surface area contributed by atoms with Gasteiger partial charge in [-0.2, -0.15) is 0 Å². The van der Waals surface area contributed by atoms with Gasteiger partial charge in [-0.3, -0.25) is 9.59 Å². The molecule has 1 saturated heterocycles. The maximum absolute atomic E-state index is 13.1. The Morgan fingerprint density at radius 3 is 2.36 bits per heavy atom. The standard InChI is InChI=1S/C23H37N3O2/c1-4-7-8-10-13-22(27)24-19-14-15-21(26-16-11-9-12-17-26)20(18-19)23(28)25(5-2)6-3/h14-15,18H,4-13,16-17H2,1-3H3,(H,24,27). The van der Waals surface area contributed by atoms with Crippen molar-refractivity contribution in [1.29, 1.82) is 0 Å². The van der Waals surface area contributed by atoms with Gasteiger partial charge in [-0.25, -0.2) is 0 Å². The smallest absolute Gasteiger partial charge is 0.256 e. The molecule has 0 atom stereocenters. The van der Waals surface area contributed by atoms with Crippen LogP contribution in [-0.4, -0.2) is 42.9 Å². The Hall–Kier alpha value is -2.04. The number of amides is 2. The first-order valence-electron chi connectivity index (χ1n) is 11.1. The highest BCUT2D eigenvalue weighted by molar-refractivity contribution is 6.02. The first-order chi connectivity index (χ1) is 13.6. The van der Waals surface area contributed by atoms with Gasteiger partial charge in [0.2, 0.25) is 5.91 Å². The predicted molar refractivity (Wildman–Crippen MR) is 117 cm³/mol.